The highest BCUT2D eigenvalue weighted by Gasteiger charge is 2.44. The van der Waals surface area contributed by atoms with Crippen molar-refractivity contribution in [2.24, 2.45) is 5.92 Å². The Bertz CT molecular complexity index is 1370. The summed E-state index contributed by atoms with van der Waals surface area (Å²) >= 11 is 0. The van der Waals surface area contributed by atoms with Gasteiger partial charge in [-0.1, -0.05) is 92.7 Å². The minimum Gasteiger partial charge on any atom is -0.481 e. The van der Waals surface area contributed by atoms with Crippen LogP contribution in [-0.4, -0.2) is 59.3 Å². The summed E-state index contributed by atoms with van der Waals surface area (Å²) in [5, 5.41) is 15.3. The highest BCUT2D eigenvalue weighted by atomic mass is 16.5. The van der Waals surface area contributed by atoms with E-state index in [9.17, 15) is 19.5 Å². The number of nitrogens with zero attached hydrogens (tertiary/aromatic N) is 1. The van der Waals surface area contributed by atoms with E-state index in [1.807, 2.05) is 56.3 Å². The first-order valence-electron chi connectivity index (χ1n) is 14.7. The van der Waals surface area contributed by atoms with E-state index in [2.05, 4.69) is 51.9 Å². The predicted molar refractivity (Wildman–Crippen MR) is 161 cm³/mol. The fourth-order valence-electron chi connectivity index (χ4n) is 6.12. The molecule has 3 N–H and O–H groups in total. The van der Waals surface area contributed by atoms with E-state index in [0.29, 0.717) is 25.9 Å². The molecule has 0 saturated carbocycles. The maximum Gasteiger partial charge on any atom is 0.408 e. The summed E-state index contributed by atoms with van der Waals surface area (Å²) in [7, 11) is 0. The molecule has 3 aromatic carbocycles. The highest BCUT2D eigenvalue weighted by Crippen LogP contribution is 2.44. The molecule has 1 aliphatic carbocycles. The third-order valence-corrected chi connectivity index (χ3v) is 8.59. The smallest absolute Gasteiger partial charge is 0.408 e. The Morgan fingerprint density at radius 2 is 1.48 bits per heavy atom. The van der Waals surface area contributed by atoms with Crippen LogP contribution < -0.4 is 10.6 Å². The van der Waals surface area contributed by atoms with Crippen molar-refractivity contribution >= 4 is 18.0 Å². The van der Waals surface area contributed by atoms with Crippen LogP contribution in [0.25, 0.3) is 11.1 Å². The summed E-state index contributed by atoms with van der Waals surface area (Å²) in [6.07, 6.45) is -0.0747. The second kappa shape index (κ2) is 12.8. The van der Waals surface area contributed by atoms with E-state index in [0.717, 1.165) is 28.8 Å². The van der Waals surface area contributed by atoms with Gasteiger partial charge in [0.2, 0.25) is 5.91 Å². The van der Waals surface area contributed by atoms with Crippen LogP contribution in [0.15, 0.2) is 78.9 Å². The topological polar surface area (TPSA) is 108 Å². The van der Waals surface area contributed by atoms with E-state index >= 15 is 0 Å². The number of hydrogen-bond acceptors (Lipinski definition) is 5. The monoisotopic (exact) mass is 569 g/mol. The van der Waals surface area contributed by atoms with Crippen molar-refractivity contribution in [1.82, 2.24) is 15.5 Å². The van der Waals surface area contributed by atoms with Crippen LogP contribution in [0.4, 0.5) is 4.79 Å². The van der Waals surface area contributed by atoms with Crippen molar-refractivity contribution < 1.29 is 24.2 Å². The molecule has 0 unspecified atom stereocenters. The average molecular weight is 570 g/mol. The second-order valence-electron chi connectivity index (χ2n) is 11.7. The molecule has 5 rings (SSSR count). The summed E-state index contributed by atoms with van der Waals surface area (Å²) in [5.41, 5.74) is 4.48. The number of ether oxygens (including phenoxy) is 1. The number of benzene rings is 3. The molecular weight excluding hydrogens is 530 g/mol. The lowest BCUT2D eigenvalue weighted by Gasteiger charge is -2.41. The van der Waals surface area contributed by atoms with Gasteiger partial charge in [0.25, 0.3) is 0 Å². The first-order valence-corrected chi connectivity index (χ1v) is 14.7. The number of carboxylic acids is 1. The summed E-state index contributed by atoms with van der Waals surface area (Å²) in [6.45, 7) is 5.83. The maximum absolute atomic E-state index is 13.8. The minimum absolute atomic E-state index is 0.0882. The zero-order chi connectivity index (χ0) is 29.7. The van der Waals surface area contributed by atoms with E-state index in [-0.39, 0.29) is 30.8 Å². The molecule has 0 bridgehead atoms. The van der Waals surface area contributed by atoms with Gasteiger partial charge < -0.3 is 20.5 Å². The van der Waals surface area contributed by atoms with Gasteiger partial charge in [-0.3, -0.25) is 14.5 Å². The summed E-state index contributed by atoms with van der Waals surface area (Å²) in [6, 6.07) is 25.9. The highest BCUT2D eigenvalue weighted by molar-refractivity contribution is 5.90. The van der Waals surface area contributed by atoms with Gasteiger partial charge in [0, 0.05) is 31.6 Å². The zero-order valence-corrected chi connectivity index (χ0v) is 24.2. The molecule has 8 heteroatoms. The van der Waals surface area contributed by atoms with Crippen molar-refractivity contribution in [3.05, 3.63) is 95.6 Å². The lowest BCUT2D eigenvalue weighted by molar-refractivity contribution is -0.138. The Balaban J connectivity index is 1.30. The number of likely N-dealkylation sites (tertiary alicyclic amines) is 1. The molecular formula is C34H39N3O5. The number of amides is 2. The molecule has 8 nitrogen and oxygen atoms in total. The van der Waals surface area contributed by atoms with Crippen LogP contribution in [-0.2, 0) is 20.9 Å². The number of fused-ring (bicyclic) bond motifs is 3. The van der Waals surface area contributed by atoms with Crippen LogP contribution in [0.5, 0.6) is 0 Å². The molecule has 1 aliphatic heterocycles. The average Bonchev–Trinajstić information content (AvgIpc) is 3.30. The number of carbonyl (C=O) groups is 3. The number of nitrogens with one attached hydrogen (secondary N) is 2. The van der Waals surface area contributed by atoms with Gasteiger partial charge in [-0.05, 0) is 46.6 Å². The van der Waals surface area contributed by atoms with Gasteiger partial charge in [-0.25, -0.2) is 4.79 Å². The van der Waals surface area contributed by atoms with E-state index in [1.54, 1.807) is 0 Å². The van der Waals surface area contributed by atoms with E-state index in [4.69, 9.17) is 4.74 Å². The third kappa shape index (κ3) is 6.49. The second-order valence-corrected chi connectivity index (χ2v) is 11.7. The van der Waals surface area contributed by atoms with Gasteiger partial charge in [0.15, 0.2) is 0 Å². The number of carbonyl (C=O) groups excluding carboxylic acids is 2. The molecule has 1 saturated heterocycles. The van der Waals surface area contributed by atoms with Crippen LogP contribution >= 0.6 is 0 Å². The molecule has 2 aliphatic rings. The molecule has 220 valence electrons. The number of hydrogen-bond donors (Lipinski definition) is 3. The molecule has 0 aromatic heterocycles. The van der Waals surface area contributed by atoms with Crippen molar-refractivity contribution in [2.45, 2.75) is 57.2 Å². The van der Waals surface area contributed by atoms with Crippen molar-refractivity contribution in [3.63, 3.8) is 0 Å². The van der Waals surface area contributed by atoms with E-state index in [1.165, 1.54) is 5.56 Å². The van der Waals surface area contributed by atoms with Crippen molar-refractivity contribution in [1.29, 1.82) is 0 Å². The molecule has 3 aromatic rings. The predicted octanol–water partition coefficient (Wildman–Crippen LogP) is 5.18. The molecule has 2 amide bonds. The number of rotatable bonds is 10. The van der Waals surface area contributed by atoms with Gasteiger partial charge in [-0.15, -0.1) is 0 Å². The van der Waals surface area contributed by atoms with Crippen LogP contribution in [0, 0.1) is 5.92 Å². The van der Waals surface area contributed by atoms with Gasteiger partial charge in [0.1, 0.15) is 12.1 Å². The minimum atomic E-state index is -1.21. The Morgan fingerprint density at radius 3 is 2.05 bits per heavy atom. The first-order chi connectivity index (χ1) is 20.3. The molecule has 1 heterocycles. The third-order valence-electron chi connectivity index (χ3n) is 8.59. The number of alkyl carbamates (subject to hydrolysis) is 1. The molecule has 0 radical (unpaired) electrons. The molecule has 1 fully saturated rings. The number of aliphatic carboxylic acids is 1. The Hall–Kier alpha value is -4.17. The number of piperidine rings is 1. The summed E-state index contributed by atoms with van der Waals surface area (Å²) < 4.78 is 5.82. The Labute approximate surface area is 247 Å². The molecule has 0 spiro atoms. The Kier molecular flexibility index (Phi) is 8.92. The van der Waals surface area contributed by atoms with Gasteiger partial charge >= 0.3 is 12.1 Å². The first kappa shape index (κ1) is 29.3. The van der Waals surface area contributed by atoms with Crippen molar-refractivity contribution in [2.75, 3.05) is 19.7 Å². The fraction of sp³-hybridized carbons (Fsp3) is 0.382. The standard InChI is InChI=1S/C34H39N3O5/c1-23(2)30(20-31(38)39)35-32(40)34(16-18-37(19-17-34)21-24-10-4-3-5-11-24)36-33(41)42-22-29-27-14-8-6-12-25(27)26-13-7-9-15-28(26)29/h3-15,23,29-30H,16-22H2,1-2H3,(H,35,40)(H,36,41)(H,38,39)/t30-/m0/s1. The van der Waals surface area contributed by atoms with Crippen LogP contribution in [0.2, 0.25) is 0 Å². The zero-order valence-electron chi connectivity index (χ0n) is 24.2. The largest absolute Gasteiger partial charge is 0.481 e. The van der Waals surface area contributed by atoms with E-state index < -0.39 is 23.6 Å². The molecule has 42 heavy (non-hydrogen) atoms. The van der Waals surface area contributed by atoms with Crippen LogP contribution in [0.3, 0.4) is 0 Å². The Morgan fingerprint density at radius 1 is 0.905 bits per heavy atom. The lowest BCUT2D eigenvalue weighted by Crippen LogP contribution is -2.64. The quantitative estimate of drug-likeness (QED) is 0.311. The lowest BCUT2D eigenvalue weighted by atomic mass is 9.85. The van der Waals surface area contributed by atoms with Gasteiger partial charge in [-0.2, -0.15) is 0 Å². The van der Waals surface area contributed by atoms with Gasteiger partial charge in [0.05, 0.1) is 6.42 Å². The summed E-state index contributed by atoms with van der Waals surface area (Å²) in [5.74, 6) is -1.53. The normalized spacial score (nSPS) is 16.7. The number of carboxylic acid groups (broad SMARTS) is 1. The molecule has 1 atom stereocenters. The van der Waals surface area contributed by atoms with Crippen molar-refractivity contribution in [3.8, 4) is 11.1 Å². The maximum atomic E-state index is 13.8. The summed E-state index contributed by atoms with van der Waals surface area (Å²) in [4.78, 5) is 40.9. The van der Waals surface area contributed by atoms with Crippen LogP contribution in [0.1, 0.15) is 55.7 Å². The SMILES string of the molecule is CC(C)[C@H](CC(=O)O)NC(=O)C1(NC(=O)OCC2c3ccccc3-c3ccccc32)CCN(Cc2ccccc2)CC1. The fourth-order valence-corrected chi connectivity index (χ4v) is 6.12.